The Morgan fingerprint density at radius 2 is 2.11 bits per heavy atom. The zero-order valence-corrected chi connectivity index (χ0v) is 12.7. The fourth-order valence-electron chi connectivity index (χ4n) is 2.52. The summed E-state index contributed by atoms with van der Waals surface area (Å²) in [5.74, 6) is 0.0885. The first kappa shape index (κ1) is 16.1. The van der Waals surface area contributed by atoms with Crippen molar-refractivity contribution in [2.45, 2.75) is 56.9 Å². The van der Waals surface area contributed by atoms with Crippen molar-refractivity contribution in [2.24, 2.45) is 0 Å². The Bertz CT molecular complexity index is 325. The minimum atomic E-state index is -0.953. The molecule has 3 unspecified atom stereocenters. The summed E-state index contributed by atoms with van der Waals surface area (Å²) in [7, 11) is 1.55. The Labute approximate surface area is 119 Å². The molecule has 0 radical (unpaired) electrons. The molecule has 0 heterocycles. The molecule has 2 amide bonds. The molecule has 0 aromatic heterocycles. The van der Waals surface area contributed by atoms with Crippen LogP contribution in [0.2, 0.25) is 0 Å². The average Bonchev–Trinajstić information content (AvgIpc) is 2.77. The van der Waals surface area contributed by atoms with E-state index in [-0.39, 0.29) is 12.1 Å². The lowest BCUT2D eigenvalue weighted by Crippen LogP contribution is -2.51. The van der Waals surface area contributed by atoms with Crippen LogP contribution in [0.4, 0.5) is 4.79 Å². The van der Waals surface area contributed by atoms with Crippen LogP contribution in [-0.2, 0) is 4.79 Å². The van der Waals surface area contributed by atoms with Crippen LogP contribution in [0.1, 0.15) is 39.5 Å². The summed E-state index contributed by atoms with van der Waals surface area (Å²) >= 11 is 1.87. The molecular formula is C13H24N2O3S. The second-order valence-electron chi connectivity index (χ2n) is 4.85. The number of carboxylic acids is 1. The third kappa shape index (κ3) is 4.30. The number of carbonyl (C=O) groups is 2. The van der Waals surface area contributed by atoms with Crippen LogP contribution in [0.3, 0.4) is 0 Å². The topological polar surface area (TPSA) is 69.6 Å². The predicted molar refractivity (Wildman–Crippen MR) is 77.6 cm³/mol. The molecule has 0 bridgehead atoms. The molecule has 1 fully saturated rings. The molecule has 5 nitrogen and oxygen atoms in total. The number of nitrogens with one attached hydrogen (secondary N) is 1. The van der Waals surface area contributed by atoms with E-state index in [2.05, 4.69) is 12.2 Å². The van der Waals surface area contributed by atoms with E-state index >= 15 is 0 Å². The highest BCUT2D eigenvalue weighted by atomic mass is 32.2. The van der Waals surface area contributed by atoms with Gasteiger partial charge in [-0.1, -0.05) is 20.3 Å². The maximum atomic E-state index is 12.1. The summed E-state index contributed by atoms with van der Waals surface area (Å²) in [4.78, 5) is 24.5. The molecule has 110 valence electrons. The van der Waals surface area contributed by atoms with E-state index in [0.29, 0.717) is 11.7 Å². The lowest BCUT2D eigenvalue weighted by atomic mass is 10.2. The lowest BCUT2D eigenvalue weighted by molar-refractivity contribution is -0.141. The quantitative estimate of drug-likeness (QED) is 0.786. The normalized spacial score (nSPS) is 23.9. The van der Waals surface area contributed by atoms with Crippen LogP contribution in [0.25, 0.3) is 0 Å². The summed E-state index contributed by atoms with van der Waals surface area (Å²) in [5, 5.41) is 12.5. The van der Waals surface area contributed by atoms with E-state index in [1.807, 2.05) is 11.8 Å². The van der Waals surface area contributed by atoms with Gasteiger partial charge < -0.3 is 15.3 Å². The fourth-order valence-corrected chi connectivity index (χ4v) is 3.72. The zero-order chi connectivity index (χ0) is 14.4. The Balaban J connectivity index is 2.56. The van der Waals surface area contributed by atoms with Crippen molar-refractivity contribution in [3.05, 3.63) is 0 Å². The Morgan fingerprint density at radius 1 is 1.42 bits per heavy atom. The van der Waals surface area contributed by atoms with Crippen molar-refractivity contribution in [3.63, 3.8) is 0 Å². The van der Waals surface area contributed by atoms with Crippen LogP contribution >= 0.6 is 11.8 Å². The van der Waals surface area contributed by atoms with Crippen molar-refractivity contribution in [1.29, 1.82) is 0 Å². The summed E-state index contributed by atoms with van der Waals surface area (Å²) in [6.45, 7) is 3.89. The molecule has 3 atom stereocenters. The van der Waals surface area contributed by atoms with E-state index in [1.165, 1.54) is 4.90 Å². The number of hydrogen-bond donors (Lipinski definition) is 2. The molecule has 1 aliphatic carbocycles. The van der Waals surface area contributed by atoms with Crippen molar-refractivity contribution in [3.8, 4) is 0 Å². The van der Waals surface area contributed by atoms with Gasteiger partial charge in [0.05, 0.1) is 0 Å². The van der Waals surface area contributed by atoms with E-state index < -0.39 is 12.0 Å². The number of nitrogens with zero attached hydrogens (tertiary/aromatic N) is 1. The molecule has 2 N–H and O–H groups in total. The molecule has 1 rings (SSSR count). The Morgan fingerprint density at radius 3 is 2.63 bits per heavy atom. The minimum absolute atomic E-state index is 0.172. The molecule has 0 spiro atoms. The Kier molecular flexibility index (Phi) is 6.48. The summed E-state index contributed by atoms with van der Waals surface area (Å²) in [5.41, 5.74) is 0. The molecule has 19 heavy (non-hydrogen) atoms. The third-order valence-corrected chi connectivity index (χ3v) is 4.93. The minimum Gasteiger partial charge on any atom is -0.480 e. The van der Waals surface area contributed by atoms with Crippen LogP contribution in [0, 0.1) is 0 Å². The predicted octanol–water partition coefficient (Wildman–Crippen LogP) is 2.17. The molecule has 0 aromatic rings. The Hall–Kier alpha value is -0.910. The van der Waals surface area contributed by atoms with Gasteiger partial charge in [0.15, 0.2) is 0 Å². The highest BCUT2D eigenvalue weighted by Crippen LogP contribution is 2.30. The van der Waals surface area contributed by atoms with Crippen LogP contribution < -0.4 is 5.32 Å². The van der Waals surface area contributed by atoms with E-state index in [9.17, 15) is 9.59 Å². The standard InChI is InChI=1S/C13H24N2O3S/c1-4-10(12(16)17)15(3)13(18)14-9-7-6-8-11(9)19-5-2/h9-11H,4-8H2,1-3H3,(H,14,18)(H,16,17). The van der Waals surface area contributed by atoms with Crippen molar-refractivity contribution in [2.75, 3.05) is 12.8 Å². The summed E-state index contributed by atoms with van der Waals surface area (Å²) < 4.78 is 0. The highest BCUT2D eigenvalue weighted by molar-refractivity contribution is 7.99. The maximum Gasteiger partial charge on any atom is 0.326 e. The van der Waals surface area contributed by atoms with Gasteiger partial charge in [0, 0.05) is 18.3 Å². The molecule has 0 aromatic carbocycles. The number of carboxylic acid groups (broad SMARTS) is 1. The largest absolute Gasteiger partial charge is 0.480 e. The summed E-state index contributed by atoms with van der Waals surface area (Å²) in [6, 6.07) is -0.854. The highest BCUT2D eigenvalue weighted by Gasteiger charge is 2.31. The second kappa shape index (κ2) is 7.62. The number of hydrogen-bond acceptors (Lipinski definition) is 3. The molecule has 1 saturated carbocycles. The molecule has 0 aliphatic heterocycles. The van der Waals surface area contributed by atoms with Crippen LogP contribution in [0.15, 0.2) is 0 Å². The van der Waals surface area contributed by atoms with Gasteiger partial charge in [-0.3, -0.25) is 0 Å². The zero-order valence-electron chi connectivity index (χ0n) is 11.9. The van der Waals surface area contributed by atoms with Gasteiger partial charge >= 0.3 is 12.0 Å². The number of urea groups is 1. The van der Waals surface area contributed by atoms with E-state index in [0.717, 1.165) is 25.0 Å². The summed E-state index contributed by atoms with van der Waals surface area (Å²) in [6.07, 6.45) is 3.66. The number of carbonyl (C=O) groups excluding carboxylic acids is 1. The first-order chi connectivity index (χ1) is 9.01. The second-order valence-corrected chi connectivity index (χ2v) is 6.37. The third-order valence-electron chi connectivity index (χ3n) is 3.60. The molecular weight excluding hydrogens is 264 g/mol. The van der Waals surface area contributed by atoms with Crippen molar-refractivity contribution < 1.29 is 14.7 Å². The number of aliphatic carboxylic acids is 1. The van der Waals surface area contributed by atoms with Gasteiger partial charge in [-0.05, 0) is 25.0 Å². The van der Waals surface area contributed by atoms with E-state index in [4.69, 9.17) is 5.11 Å². The van der Waals surface area contributed by atoms with Crippen molar-refractivity contribution >= 4 is 23.8 Å². The van der Waals surface area contributed by atoms with Gasteiger partial charge in [-0.15, -0.1) is 0 Å². The number of amides is 2. The smallest absolute Gasteiger partial charge is 0.326 e. The van der Waals surface area contributed by atoms with Gasteiger partial charge in [0.1, 0.15) is 6.04 Å². The van der Waals surface area contributed by atoms with Gasteiger partial charge in [0.25, 0.3) is 0 Å². The number of rotatable bonds is 6. The van der Waals surface area contributed by atoms with Crippen LogP contribution in [-0.4, -0.2) is 52.1 Å². The van der Waals surface area contributed by atoms with Gasteiger partial charge in [0.2, 0.25) is 0 Å². The monoisotopic (exact) mass is 288 g/mol. The van der Waals surface area contributed by atoms with Gasteiger partial charge in [-0.25, -0.2) is 9.59 Å². The SMILES string of the molecule is CCSC1CCCC1NC(=O)N(C)C(CC)C(=O)O. The number of thioether (sulfide) groups is 1. The maximum absolute atomic E-state index is 12.1. The number of likely N-dealkylation sites (N-methyl/N-ethyl adjacent to an activating group) is 1. The van der Waals surface area contributed by atoms with Crippen LogP contribution in [0.5, 0.6) is 0 Å². The fraction of sp³-hybridized carbons (Fsp3) is 0.846. The van der Waals surface area contributed by atoms with Crippen molar-refractivity contribution in [1.82, 2.24) is 10.2 Å². The van der Waals surface area contributed by atoms with Gasteiger partial charge in [-0.2, -0.15) is 11.8 Å². The van der Waals surface area contributed by atoms with E-state index in [1.54, 1.807) is 14.0 Å². The first-order valence-electron chi connectivity index (χ1n) is 6.88. The molecule has 1 aliphatic rings. The average molecular weight is 288 g/mol. The lowest BCUT2D eigenvalue weighted by Gasteiger charge is -2.27. The molecule has 6 heteroatoms. The molecule has 0 saturated heterocycles. The first-order valence-corrected chi connectivity index (χ1v) is 7.93.